The van der Waals surface area contributed by atoms with Crippen LogP contribution in [-0.4, -0.2) is 28.2 Å². The van der Waals surface area contributed by atoms with Crippen LogP contribution in [0.2, 0.25) is 0 Å². The standard InChI is InChI=1S/C23H24N2O4/c1-15-5-7-17(8-6-15)14-25-21(27)18-11-9-16(13-19(18)22(25)28)10-12-20(26)24-29-23(2,3)4/h5-13H,14H2,1-4H3,(H,24,26)/b12-10+. The molecule has 0 bridgehead atoms. The van der Waals surface area contributed by atoms with Gasteiger partial charge >= 0.3 is 0 Å². The van der Waals surface area contributed by atoms with Gasteiger partial charge in [-0.3, -0.25) is 24.1 Å². The predicted molar refractivity (Wildman–Crippen MR) is 110 cm³/mol. The Kier molecular flexibility index (Phi) is 5.66. The molecular formula is C23H24N2O4. The van der Waals surface area contributed by atoms with Crippen LogP contribution in [0.5, 0.6) is 0 Å². The van der Waals surface area contributed by atoms with E-state index in [-0.39, 0.29) is 18.4 Å². The van der Waals surface area contributed by atoms with E-state index in [0.717, 1.165) is 11.1 Å². The summed E-state index contributed by atoms with van der Waals surface area (Å²) in [6, 6.07) is 12.7. The van der Waals surface area contributed by atoms with E-state index in [9.17, 15) is 14.4 Å². The number of nitrogens with one attached hydrogen (secondary N) is 1. The van der Waals surface area contributed by atoms with E-state index in [0.29, 0.717) is 16.7 Å². The SMILES string of the molecule is Cc1ccc(CN2C(=O)c3ccc(/C=C/C(=O)NOC(C)(C)C)cc3C2=O)cc1. The molecule has 0 unspecified atom stereocenters. The number of carbonyl (C=O) groups excluding carboxylic acids is 3. The molecule has 1 heterocycles. The average Bonchev–Trinajstić information content (AvgIpc) is 2.90. The number of benzene rings is 2. The summed E-state index contributed by atoms with van der Waals surface area (Å²) in [6.45, 7) is 7.67. The number of imide groups is 1. The van der Waals surface area contributed by atoms with Gasteiger partial charge in [0.1, 0.15) is 0 Å². The van der Waals surface area contributed by atoms with Crippen molar-refractivity contribution in [3.05, 3.63) is 76.4 Å². The summed E-state index contributed by atoms with van der Waals surface area (Å²) in [6.07, 6.45) is 2.89. The van der Waals surface area contributed by atoms with Crippen LogP contribution < -0.4 is 5.48 Å². The Hall–Kier alpha value is -3.25. The topological polar surface area (TPSA) is 75.7 Å². The van der Waals surface area contributed by atoms with E-state index in [4.69, 9.17) is 4.84 Å². The maximum absolute atomic E-state index is 12.8. The quantitative estimate of drug-likeness (QED) is 0.479. The maximum atomic E-state index is 12.8. The molecule has 3 amide bonds. The third-order valence-electron chi connectivity index (χ3n) is 4.34. The van der Waals surface area contributed by atoms with E-state index in [1.807, 2.05) is 52.0 Å². The van der Waals surface area contributed by atoms with Gasteiger partial charge in [0.05, 0.1) is 23.3 Å². The Balaban J connectivity index is 1.72. The highest BCUT2D eigenvalue weighted by Gasteiger charge is 2.35. The van der Waals surface area contributed by atoms with Gasteiger partial charge in [-0.1, -0.05) is 35.9 Å². The highest BCUT2D eigenvalue weighted by Crippen LogP contribution is 2.26. The van der Waals surface area contributed by atoms with Gasteiger partial charge in [0, 0.05) is 6.08 Å². The van der Waals surface area contributed by atoms with Gasteiger partial charge < -0.3 is 0 Å². The highest BCUT2D eigenvalue weighted by atomic mass is 16.7. The minimum Gasteiger partial charge on any atom is -0.270 e. The lowest BCUT2D eigenvalue weighted by Gasteiger charge is -2.17. The smallest absolute Gasteiger partial charge is 0.267 e. The third kappa shape index (κ3) is 4.97. The molecule has 6 nitrogen and oxygen atoms in total. The fourth-order valence-corrected chi connectivity index (χ4v) is 2.84. The van der Waals surface area contributed by atoms with Crippen molar-refractivity contribution in [2.45, 2.75) is 39.8 Å². The van der Waals surface area contributed by atoms with Gasteiger partial charge in [0.25, 0.3) is 17.7 Å². The van der Waals surface area contributed by atoms with E-state index in [1.54, 1.807) is 24.3 Å². The van der Waals surface area contributed by atoms with Crippen molar-refractivity contribution in [3.63, 3.8) is 0 Å². The van der Waals surface area contributed by atoms with Gasteiger partial charge in [-0.2, -0.15) is 0 Å². The van der Waals surface area contributed by atoms with E-state index < -0.39 is 11.5 Å². The zero-order chi connectivity index (χ0) is 21.2. The van der Waals surface area contributed by atoms with Crippen LogP contribution in [0.15, 0.2) is 48.5 Å². The molecule has 0 aromatic heterocycles. The molecule has 2 aromatic rings. The summed E-state index contributed by atoms with van der Waals surface area (Å²) in [4.78, 5) is 43.7. The predicted octanol–water partition coefficient (Wildman–Crippen LogP) is 3.65. The van der Waals surface area contributed by atoms with Crippen molar-refractivity contribution >= 4 is 23.8 Å². The molecule has 6 heteroatoms. The Labute approximate surface area is 170 Å². The molecule has 2 aromatic carbocycles. The van der Waals surface area contributed by atoms with Crippen LogP contribution in [-0.2, 0) is 16.2 Å². The highest BCUT2D eigenvalue weighted by molar-refractivity contribution is 6.21. The Morgan fingerprint density at radius 2 is 1.69 bits per heavy atom. The van der Waals surface area contributed by atoms with Crippen LogP contribution in [0.25, 0.3) is 6.08 Å². The molecule has 0 saturated heterocycles. The van der Waals surface area contributed by atoms with Crippen LogP contribution in [0.1, 0.15) is 58.2 Å². The van der Waals surface area contributed by atoms with Gasteiger partial charge in [-0.05, 0) is 57.0 Å². The summed E-state index contributed by atoms with van der Waals surface area (Å²) in [5.41, 5.74) is 5.22. The molecule has 0 saturated carbocycles. The monoisotopic (exact) mass is 392 g/mol. The number of carbonyl (C=O) groups is 3. The number of aryl methyl sites for hydroxylation is 1. The van der Waals surface area contributed by atoms with E-state index in [2.05, 4.69) is 5.48 Å². The molecule has 0 atom stereocenters. The van der Waals surface area contributed by atoms with Crippen LogP contribution in [0.3, 0.4) is 0 Å². The lowest BCUT2D eigenvalue weighted by Crippen LogP contribution is -2.32. The number of fused-ring (bicyclic) bond motifs is 1. The fraction of sp³-hybridized carbons (Fsp3) is 0.261. The number of hydrogen-bond acceptors (Lipinski definition) is 4. The molecule has 0 spiro atoms. The molecule has 1 N–H and O–H groups in total. The van der Waals surface area contributed by atoms with Crippen molar-refractivity contribution in [3.8, 4) is 0 Å². The second-order valence-electron chi connectivity index (χ2n) is 8.00. The molecule has 3 rings (SSSR count). The summed E-state index contributed by atoms with van der Waals surface area (Å²) >= 11 is 0. The van der Waals surface area contributed by atoms with Crippen LogP contribution in [0.4, 0.5) is 0 Å². The molecule has 1 aliphatic rings. The number of hydroxylamine groups is 1. The second kappa shape index (κ2) is 8.01. The minimum absolute atomic E-state index is 0.227. The molecular weight excluding hydrogens is 368 g/mol. The summed E-state index contributed by atoms with van der Waals surface area (Å²) in [5, 5.41) is 0. The summed E-state index contributed by atoms with van der Waals surface area (Å²) < 4.78 is 0. The second-order valence-corrected chi connectivity index (χ2v) is 8.00. The molecule has 1 aliphatic heterocycles. The lowest BCUT2D eigenvalue weighted by molar-refractivity contribution is -0.140. The zero-order valence-corrected chi connectivity index (χ0v) is 17.0. The van der Waals surface area contributed by atoms with E-state index >= 15 is 0 Å². The number of hydrogen-bond donors (Lipinski definition) is 1. The summed E-state index contributed by atoms with van der Waals surface area (Å²) in [5.74, 6) is -1.05. The van der Waals surface area contributed by atoms with E-state index in [1.165, 1.54) is 11.0 Å². The lowest BCUT2D eigenvalue weighted by atomic mass is 10.1. The normalized spacial score (nSPS) is 13.9. The zero-order valence-electron chi connectivity index (χ0n) is 17.0. The number of rotatable bonds is 5. The first kappa shape index (κ1) is 20.5. The maximum Gasteiger partial charge on any atom is 0.267 e. The Morgan fingerprint density at radius 1 is 1.03 bits per heavy atom. The number of amides is 3. The van der Waals surface area contributed by atoms with Crippen molar-refractivity contribution < 1.29 is 19.2 Å². The van der Waals surface area contributed by atoms with Gasteiger partial charge in [0.15, 0.2) is 0 Å². The minimum atomic E-state index is -0.495. The first-order chi connectivity index (χ1) is 13.6. The van der Waals surface area contributed by atoms with Crippen LogP contribution in [0, 0.1) is 6.92 Å². The first-order valence-corrected chi connectivity index (χ1v) is 9.36. The van der Waals surface area contributed by atoms with Crippen molar-refractivity contribution in [2.24, 2.45) is 0 Å². The molecule has 29 heavy (non-hydrogen) atoms. The summed E-state index contributed by atoms with van der Waals surface area (Å²) in [7, 11) is 0. The average molecular weight is 392 g/mol. The van der Waals surface area contributed by atoms with Gasteiger partial charge in [-0.15, -0.1) is 0 Å². The van der Waals surface area contributed by atoms with Crippen molar-refractivity contribution in [1.29, 1.82) is 0 Å². The van der Waals surface area contributed by atoms with Gasteiger partial charge in [0.2, 0.25) is 0 Å². The van der Waals surface area contributed by atoms with Crippen molar-refractivity contribution in [1.82, 2.24) is 10.4 Å². The molecule has 0 radical (unpaired) electrons. The molecule has 150 valence electrons. The van der Waals surface area contributed by atoms with Crippen molar-refractivity contribution in [2.75, 3.05) is 0 Å². The largest absolute Gasteiger partial charge is 0.270 e. The number of nitrogens with zero attached hydrogens (tertiary/aromatic N) is 1. The Morgan fingerprint density at radius 3 is 2.34 bits per heavy atom. The molecule has 0 fully saturated rings. The first-order valence-electron chi connectivity index (χ1n) is 9.36. The van der Waals surface area contributed by atoms with Crippen LogP contribution >= 0.6 is 0 Å². The Bertz CT molecular complexity index is 985. The molecule has 0 aliphatic carbocycles. The third-order valence-corrected chi connectivity index (χ3v) is 4.34. The van der Waals surface area contributed by atoms with Gasteiger partial charge in [-0.25, -0.2) is 5.48 Å². The fourth-order valence-electron chi connectivity index (χ4n) is 2.84.